The second kappa shape index (κ2) is 7.33. The van der Waals surface area contributed by atoms with E-state index in [4.69, 9.17) is 5.73 Å². The number of sulfonamides is 1. The number of primary amides is 1. The number of nitrogens with zero attached hydrogens (tertiary/aromatic N) is 5. The van der Waals surface area contributed by atoms with Crippen molar-refractivity contribution < 1.29 is 13.2 Å². The number of anilines is 1. The van der Waals surface area contributed by atoms with Crippen molar-refractivity contribution in [3.63, 3.8) is 0 Å². The van der Waals surface area contributed by atoms with Crippen molar-refractivity contribution in [1.82, 2.24) is 18.8 Å². The molecule has 0 aliphatic carbocycles. The van der Waals surface area contributed by atoms with Crippen LogP contribution in [0.15, 0.2) is 17.2 Å². The van der Waals surface area contributed by atoms with Gasteiger partial charge >= 0.3 is 0 Å². The number of rotatable bonds is 4. The summed E-state index contributed by atoms with van der Waals surface area (Å²) in [6, 6.07) is 1.33. The molecule has 4 heterocycles. The molecule has 1 amide bonds. The minimum absolute atomic E-state index is 0.0804. The van der Waals surface area contributed by atoms with Crippen molar-refractivity contribution in [2.24, 2.45) is 12.8 Å². The minimum Gasteiger partial charge on any atom is -0.364 e. The molecule has 0 unspecified atom stereocenters. The number of fused-ring (bicyclic) bond motifs is 1. The van der Waals surface area contributed by atoms with Crippen molar-refractivity contribution in [3.8, 4) is 0 Å². The highest BCUT2D eigenvalue weighted by molar-refractivity contribution is 7.89. The zero-order chi connectivity index (χ0) is 21.8. The first-order valence-electron chi connectivity index (χ1n) is 9.55. The van der Waals surface area contributed by atoms with E-state index in [0.717, 1.165) is 16.0 Å². The van der Waals surface area contributed by atoms with Crippen molar-refractivity contribution in [1.29, 1.82) is 0 Å². The third-order valence-electron chi connectivity index (χ3n) is 5.53. The van der Waals surface area contributed by atoms with Crippen LogP contribution in [0.3, 0.4) is 0 Å². The Morgan fingerprint density at radius 1 is 1.13 bits per heavy atom. The van der Waals surface area contributed by atoms with E-state index in [2.05, 4.69) is 28.7 Å². The van der Waals surface area contributed by atoms with Gasteiger partial charge in [0.25, 0.3) is 5.91 Å². The monoisotopic (exact) mass is 448 g/mol. The maximum atomic E-state index is 13.1. The Labute approximate surface area is 179 Å². The summed E-state index contributed by atoms with van der Waals surface area (Å²) < 4.78 is 29.0. The van der Waals surface area contributed by atoms with Gasteiger partial charge in [0.2, 0.25) is 10.0 Å². The fraction of sp³-hybridized carbons (Fsp3) is 0.421. The van der Waals surface area contributed by atoms with Crippen molar-refractivity contribution in [3.05, 3.63) is 34.2 Å². The topological polar surface area (TPSA) is 114 Å². The quantitative estimate of drug-likeness (QED) is 0.648. The van der Waals surface area contributed by atoms with Crippen molar-refractivity contribution in [2.75, 3.05) is 31.1 Å². The van der Waals surface area contributed by atoms with E-state index in [-0.39, 0.29) is 10.6 Å². The SMILES string of the molecule is Cc1nc(N2CCN(S(=O)(=O)c3cc(C(N)=O)n(C)c3)CC2)c2c(C)c(C)sc2n1. The molecule has 11 heteroatoms. The minimum atomic E-state index is -3.71. The van der Waals surface area contributed by atoms with E-state index in [1.165, 1.54) is 31.6 Å². The first kappa shape index (κ1) is 20.8. The average Bonchev–Trinajstić information content (AvgIpc) is 3.22. The molecule has 4 rings (SSSR count). The van der Waals surface area contributed by atoms with Crippen LogP contribution in [0.25, 0.3) is 10.2 Å². The van der Waals surface area contributed by atoms with Gasteiger partial charge in [-0.05, 0) is 32.4 Å². The van der Waals surface area contributed by atoms with Crippen LogP contribution >= 0.6 is 11.3 Å². The Kier molecular flexibility index (Phi) is 5.07. The summed E-state index contributed by atoms with van der Waals surface area (Å²) in [5, 5.41) is 1.05. The Bertz CT molecular complexity index is 1250. The molecule has 2 N–H and O–H groups in total. The number of aromatic nitrogens is 3. The highest BCUT2D eigenvalue weighted by Crippen LogP contribution is 2.35. The summed E-state index contributed by atoms with van der Waals surface area (Å²) in [5.41, 5.74) is 6.65. The summed E-state index contributed by atoms with van der Waals surface area (Å²) in [7, 11) is -2.11. The number of carbonyl (C=O) groups excluding carboxylic acids is 1. The molecule has 0 atom stereocenters. The summed E-state index contributed by atoms with van der Waals surface area (Å²) in [6.07, 6.45) is 1.43. The van der Waals surface area contributed by atoms with Crippen LogP contribution in [-0.2, 0) is 17.1 Å². The number of piperazine rings is 1. The lowest BCUT2D eigenvalue weighted by Crippen LogP contribution is -2.49. The molecular formula is C19H24N6O3S2. The standard InChI is InChI=1S/C19H24N6O3S2/c1-11-12(2)29-19-16(11)18(21-13(3)22-19)24-5-7-25(8-6-24)30(27,28)14-9-15(17(20)26)23(4)10-14/h9-10H,5-8H2,1-4H3,(H2,20,26). The number of aryl methyl sites for hydroxylation is 4. The molecule has 1 aliphatic rings. The van der Waals surface area contributed by atoms with E-state index < -0.39 is 15.9 Å². The van der Waals surface area contributed by atoms with Crippen LogP contribution in [0.1, 0.15) is 26.8 Å². The Balaban J connectivity index is 1.59. The van der Waals surface area contributed by atoms with E-state index in [9.17, 15) is 13.2 Å². The summed E-state index contributed by atoms with van der Waals surface area (Å²) in [5.74, 6) is 0.914. The molecule has 0 saturated carbocycles. The lowest BCUT2D eigenvalue weighted by molar-refractivity contribution is 0.0992. The number of carbonyl (C=O) groups is 1. The summed E-state index contributed by atoms with van der Waals surface area (Å²) >= 11 is 1.65. The number of thiophene rings is 1. The normalized spacial score (nSPS) is 15.8. The van der Waals surface area contributed by atoms with Crippen LogP contribution in [0.5, 0.6) is 0 Å². The highest BCUT2D eigenvalue weighted by atomic mass is 32.2. The number of hydrogen-bond acceptors (Lipinski definition) is 7. The van der Waals surface area contributed by atoms with Gasteiger partial charge in [-0.15, -0.1) is 11.3 Å². The van der Waals surface area contributed by atoms with Gasteiger partial charge in [0.1, 0.15) is 27.1 Å². The van der Waals surface area contributed by atoms with Gasteiger partial charge < -0.3 is 15.2 Å². The zero-order valence-corrected chi connectivity index (χ0v) is 19.0. The fourth-order valence-corrected chi connectivity index (χ4v) is 6.33. The largest absolute Gasteiger partial charge is 0.364 e. The zero-order valence-electron chi connectivity index (χ0n) is 17.3. The lowest BCUT2D eigenvalue weighted by atomic mass is 10.2. The molecule has 1 saturated heterocycles. The van der Waals surface area contributed by atoms with Crippen molar-refractivity contribution in [2.45, 2.75) is 25.7 Å². The number of hydrogen-bond donors (Lipinski definition) is 1. The Hall–Kier alpha value is -2.50. The highest BCUT2D eigenvalue weighted by Gasteiger charge is 2.31. The molecule has 1 fully saturated rings. The van der Waals surface area contributed by atoms with Gasteiger partial charge in [0.05, 0.1) is 5.39 Å². The molecule has 3 aromatic rings. The third-order valence-corrected chi connectivity index (χ3v) is 8.49. The second-order valence-electron chi connectivity index (χ2n) is 7.49. The molecule has 1 aliphatic heterocycles. The van der Waals surface area contributed by atoms with E-state index in [1.54, 1.807) is 18.4 Å². The molecular weight excluding hydrogens is 424 g/mol. The van der Waals surface area contributed by atoms with Crippen LogP contribution in [-0.4, -0.2) is 59.3 Å². The molecule has 30 heavy (non-hydrogen) atoms. The molecule has 160 valence electrons. The van der Waals surface area contributed by atoms with Crippen molar-refractivity contribution >= 4 is 43.3 Å². The van der Waals surface area contributed by atoms with Crippen LogP contribution in [0.4, 0.5) is 5.82 Å². The smallest absolute Gasteiger partial charge is 0.265 e. The van der Waals surface area contributed by atoms with Gasteiger partial charge in [0, 0.05) is 44.3 Å². The fourth-order valence-electron chi connectivity index (χ4n) is 3.77. The van der Waals surface area contributed by atoms with E-state index >= 15 is 0 Å². The number of nitrogens with two attached hydrogens (primary N) is 1. The Morgan fingerprint density at radius 3 is 2.40 bits per heavy atom. The average molecular weight is 449 g/mol. The van der Waals surface area contributed by atoms with Gasteiger partial charge in [-0.1, -0.05) is 0 Å². The van der Waals surface area contributed by atoms with Gasteiger partial charge in [-0.3, -0.25) is 4.79 Å². The predicted molar refractivity (Wildman–Crippen MR) is 117 cm³/mol. The maximum absolute atomic E-state index is 13.1. The first-order valence-corrected chi connectivity index (χ1v) is 11.8. The van der Waals surface area contributed by atoms with Crippen LogP contribution < -0.4 is 10.6 Å². The molecule has 0 aromatic carbocycles. The summed E-state index contributed by atoms with van der Waals surface area (Å²) in [6.45, 7) is 7.73. The van der Waals surface area contributed by atoms with E-state index in [1.807, 2.05) is 6.92 Å². The van der Waals surface area contributed by atoms with Crippen LogP contribution in [0, 0.1) is 20.8 Å². The molecule has 0 bridgehead atoms. The molecule has 0 radical (unpaired) electrons. The first-order chi connectivity index (χ1) is 14.1. The lowest BCUT2D eigenvalue weighted by Gasteiger charge is -2.35. The van der Waals surface area contributed by atoms with Gasteiger partial charge in [-0.2, -0.15) is 4.31 Å². The molecule has 3 aromatic heterocycles. The third kappa shape index (κ3) is 3.36. The summed E-state index contributed by atoms with van der Waals surface area (Å²) in [4.78, 5) is 25.1. The molecule has 0 spiro atoms. The predicted octanol–water partition coefficient (Wildman–Crippen LogP) is 1.56. The Morgan fingerprint density at radius 2 is 1.80 bits per heavy atom. The van der Waals surface area contributed by atoms with Crippen LogP contribution in [0.2, 0.25) is 0 Å². The molecule has 9 nitrogen and oxygen atoms in total. The number of amides is 1. The second-order valence-corrected chi connectivity index (χ2v) is 10.6. The van der Waals surface area contributed by atoms with E-state index in [0.29, 0.717) is 32.0 Å². The van der Waals surface area contributed by atoms with Gasteiger partial charge in [0.15, 0.2) is 0 Å². The van der Waals surface area contributed by atoms with Gasteiger partial charge in [-0.25, -0.2) is 18.4 Å². The maximum Gasteiger partial charge on any atom is 0.265 e.